The second kappa shape index (κ2) is 6.87. The van der Waals surface area contributed by atoms with Crippen LogP contribution in [-0.2, 0) is 19.0 Å². The fraction of sp³-hybridized carbons (Fsp3) is 0.263. The third-order valence-corrected chi connectivity index (χ3v) is 4.68. The van der Waals surface area contributed by atoms with Crippen LogP contribution in [-0.4, -0.2) is 25.7 Å². The second-order valence-electron chi connectivity index (χ2n) is 6.75. The van der Waals surface area contributed by atoms with Gasteiger partial charge in [-0.25, -0.2) is 4.98 Å². The van der Waals surface area contributed by atoms with Gasteiger partial charge in [0.25, 0.3) is 11.5 Å². The molecule has 0 atom stereocenters. The van der Waals surface area contributed by atoms with Gasteiger partial charge < -0.3 is 5.32 Å². The number of amides is 1. The number of aryl methyl sites for hydroxylation is 2. The molecule has 0 aliphatic heterocycles. The van der Waals surface area contributed by atoms with Crippen LogP contribution in [0.2, 0.25) is 0 Å². The van der Waals surface area contributed by atoms with Crippen molar-refractivity contribution in [3.8, 4) is 5.95 Å². The molecule has 10 heteroatoms. The van der Waals surface area contributed by atoms with Crippen LogP contribution in [0.5, 0.6) is 0 Å². The monoisotopic (exact) mass is 403 g/mol. The number of carbonyl (C=O) groups excluding carboxylic acids is 1. The lowest BCUT2D eigenvalue weighted by atomic mass is 10.1. The molecule has 29 heavy (non-hydrogen) atoms. The van der Waals surface area contributed by atoms with Crippen molar-refractivity contribution in [3.63, 3.8) is 0 Å². The Morgan fingerprint density at radius 1 is 1.24 bits per heavy atom. The molecule has 2 N–H and O–H groups in total. The topological polar surface area (TPSA) is 92.7 Å². The van der Waals surface area contributed by atoms with Crippen molar-refractivity contribution >= 4 is 11.7 Å². The lowest BCUT2D eigenvalue weighted by Crippen LogP contribution is -2.22. The van der Waals surface area contributed by atoms with Gasteiger partial charge in [0.1, 0.15) is 5.82 Å². The maximum Gasteiger partial charge on any atom is 0.417 e. The van der Waals surface area contributed by atoms with E-state index in [1.807, 2.05) is 0 Å². The molecule has 0 spiro atoms. The number of H-pyrrole nitrogens is 1. The first-order valence-corrected chi connectivity index (χ1v) is 8.91. The number of anilines is 1. The van der Waals surface area contributed by atoms with Gasteiger partial charge in [-0.05, 0) is 38.3 Å². The van der Waals surface area contributed by atoms with Gasteiger partial charge in [-0.15, -0.1) is 0 Å². The third-order valence-electron chi connectivity index (χ3n) is 4.68. The SMILES string of the molecule is Cc1cc(NC(=O)c2ccccc2C(F)(F)F)n(-c2nc3c(c(=O)[nH]2)CCC3)n1. The van der Waals surface area contributed by atoms with Crippen molar-refractivity contribution in [2.45, 2.75) is 32.4 Å². The Labute approximate surface area is 162 Å². The predicted molar refractivity (Wildman–Crippen MR) is 98.1 cm³/mol. The van der Waals surface area contributed by atoms with Crippen LogP contribution in [0.4, 0.5) is 19.0 Å². The summed E-state index contributed by atoms with van der Waals surface area (Å²) >= 11 is 0. The number of alkyl halides is 3. The number of rotatable bonds is 3. The van der Waals surface area contributed by atoms with Gasteiger partial charge >= 0.3 is 6.18 Å². The summed E-state index contributed by atoms with van der Waals surface area (Å²) in [7, 11) is 0. The molecule has 4 rings (SSSR count). The summed E-state index contributed by atoms with van der Waals surface area (Å²) in [5, 5.41) is 6.66. The number of carbonyl (C=O) groups is 1. The summed E-state index contributed by atoms with van der Waals surface area (Å²) in [6.07, 6.45) is -2.54. The third kappa shape index (κ3) is 3.53. The standard InChI is InChI=1S/C19H16F3N5O2/c1-10-9-15(24-16(28)11-5-2-3-7-13(11)19(20,21)22)27(26-10)18-23-14-8-4-6-12(14)17(29)25-18/h2-3,5,7,9H,4,6,8H2,1H3,(H,24,28)(H,23,25,29). The minimum absolute atomic E-state index is 0.100. The van der Waals surface area contributed by atoms with E-state index in [1.165, 1.54) is 22.9 Å². The quantitative estimate of drug-likeness (QED) is 0.703. The summed E-state index contributed by atoms with van der Waals surface area (Å²) < 4.78 is 40.9. The highest BCUT2D eigenvalue weighted by atomic mass is 19.4. The Morgan fingerprint density at radius 3 is 2.76 bits per heavy atom. The maximum absolute atomic E-state index is 13.2. The number of nitrogens with zero attached hydrogens (tertiary/aromatic N) is 3. The van der Waals surface area contributed by atoms with Crippen LogP contribution in [0, 0.1) is 6.92 Å². The van der Waals surface area contributed by atoms with E-state index >= 15 is 0 Å². The number of fused-ring (bicyclic) bond motifs is 1. The van der Waals surface area contributed by atoms with Crippen LogP contribution < -0.4 is 10.9 Å². The van der Waals surface area contributed by atoms with E-state index < -0.39 is 23.2 Å². The van der Waals surface area contributed by atoms with Crippen molar-refractivity contribution in [1.82, 2.24) is 19.7 Å². The second-order valence-corrected chi connectivity index (χ2v) is 6.75. The van der Waals surface area contributed by atoms with Gasteiger partial charge in [0, 0.05) is 11.6 Å². The largest absolute Gasteiger partial charge is 0.417 e. The van der Waals surface area contributed by atoms with Gasteiger partial charge in [0.2, 0.25) is 5.95 Å². The molecule has 0 bridgehead atoms. The molecular formula is C19H16F3N5O2. The molecular weight excluding hydrogens is 387 g/mol. The number of aromatic amines is 1. The lowest BCUT2D eigenvalue weighted by Gasteiger charge is -2.13. The lowest BCUT2D eigenvalue weighted by molar-refractivity contribution is -0.137. The van der Waals surface area contributed by atoms with Gasteiger partial charge in [-0.3, -0.25) is 14.6 Å². The Hall–Kier alpha value is -3.43. The van der Waals surface area contributed by atoms with Gasteiger partial charge in [-0.2, -0.15) is 23.0 Å². The van der Waals surface area contributed by atoms with E-state index in [-0.39, 0.29) is 17.3 Å². The molecule has 2 aromatic heterocycles. The van der Waals surface area contributed by atoms with Crippen LogP contribution in [0.15, 0.2) is 35.1 Å². The molecule has 0 unspecified atom stereocenters. The first-order chi connectivity index (χ1) is 13.7. The number of benzene rings is 1. The van der Waals surface area contributed by atoms with Gasteiger partial charge in [-0.1, -0.05) is 12.1 Å². The van der Waals surface area contributed by atoms with E-state index in [4.69, 9.17) is 0 Å². The van der Waals surface area contributed by atoms with E-state index in [0.717, 1.165) is 18.6 Å². The molecule has 1 aliphatic carbocycles. The number of halogens is 3. The van der Waals surface area contributed by atoms with Crippen molar-refractivity contribution in [3.05, 3.63) is 68.8 Å². The number of hydrogen-bond donors (Lipinski definition) is 2. The van der Waals surface area contributed by atoms with Crippen molar-refractivity contribution in [1.29, 1.82) is 0 Å². The van der Waals surface area contributed by atoms with Crippen LogP contribution >= 0.6 is 0 Å². The van der Waals surface area contributed by atoms with Crippen molar-refractivity contribution < 1.29 is 18.0 Å². The Bertz CT molecular complexity index is 1160. The van der Waals surface area contributed by atoms with E-state index in [2.05, 4.69) is 20.4 Å². The first kappa shape index (κ1) is 18.9. The van der Waals surface area contributed by atoms with Gasteiger partial charge in [0.05, 0.1) is 22.5 Å². The smallest absolute Gasteiger partial charge is 0.306 e. The molecule has 1 aliphatic rings. The highest BCUT2D eigenvalue weighted by Crippen LogP contribution is 2.32. The highest BCUT2D eigenvalue weighted by molar-refractivity contribution is 6.05. The first-order valence-electron chi connectivity index (χ1n) is 8.91. The molecule has 0 radical (unpaired) electrons. The zero-order valence-corrected chi connectivity index (χ0v) is 15.3. The summed E-state index contributed by atoms with van der Waals surface area (Å²) in [6, 6.07) is 6.00. The van der Waals surface area contributed by atoms with Crippen molar-refractivity contribution in [2.75, 3.05) is 5.32 Å². The molecule has 3 aromatic rings. The van der Waals surface area contributed by atoms with Crippen LogP contribution in [0.1, 0.15) is 39.3 Å². The predicted octanol–water partition coefficient (Wildman–Crippen LogP) is 3.02. The number of nitrogens with one attached hydrogen (secondary N) is 2. The van der Waals surface area contributed by atoms with Crippen LogP contribution in [0.25, 0.3) is 5.95 Å². The summed E-state index contributed by atoms with van der Waals surface area (Å²) in [5.74, 6) is -0.740. The molecule has 1 aromatic carbocycles. The van der Waals surface area contributed by atoms with Crippen LogP contribution in [0.3, 0.4) is 0 Å². The highest BCUT2D eigenvalue weighted by Gasteiger charge is 2.35. The molecule has 0 saturated heterocycles. The minimum Gasteiger partial charge on any atom is -0.306 e. The molecule has 0 fully saturated rings. The fourth-order valence-corrected chi connectivity index (χ4v) is 3.39. The fourth-order valence-electron chi connectivity index (χ4n) is 3.39. The van der Waals surface area contributed by atoms with Crippen molar-refractivity contribution in [2.24, 2.45) is 0 Å². The molecule has 150 valence electrons. The molecule has 1 amide bonds. The normalized spacial score (nSPS) is 13.4. The van der Waals surface area contributed by atoms with E-state index in [1.54, 1.807) is 6.92 Å². The Balaban J connectivity index is 1.72. The van der Waals surface area contributed by atoms with E-state index in [9.17, 15) is 22.8 Å². The number of aromatic nitrogens is 4. The zero-order chi connectivity index (χ0) is 20.8. The molecule has 0 saturated carbocycles. The average Bonchev–Trinajstić information content (AvgIpc) is 3.27. The Morgan fingerprint density at radius 2 is 2.00 bits per heavy atom. The van der Waals surface area contributed by atoms with E-state index in [0.29, 0.717) is 29.8 Å². The zero-order valence-electron chi connectivity index (χ0n) is 15.3. The Kier molecular flexibility index (Phi) is 4.48. The summed E-state index contributed by atoms with van der Waals surface area (Å²) in [4.78, 5) is 31.9. The number of hydrogen-bond acceptors (Lipinski definition) is 4. The average molecular weight is 403 g/mol. The minimum atomic E-state index is -4.67. The maximum atomic E-state index is 13.2. The molecule has 7 nitrogen and oxygen atoms in total. The molecule has 2 heterocycles. The summed E-state index contributed by atoms with van der Waals surface area (Å²) in [6.45, 7) is 1.65. The van der Waals surface area contributed by atoms with Gasteiger partial charge in [0.15, 0.2) is 0 Å². The summed E-state index contributed by atoms with van der Waals surface area (Å²) in [5.41, 5.74) is -0.0491.